The lowest BCUT2D eigenvalue weighted by atomic mass is 10.1. The van der Waals surface area contributed by atoms with Crippen molar-refractivity contribution in [2.75, 3.05) is 23.3 Å². The lowest BCUT2D eigenvalue weighted by molar-refractivity contribution is -0.508. The summed E-state index contributed by atoms with van der Waals surface area (Å²) in [6.45, 7) is 0.438. The Morgan fingerprint density at radius 2 is 1.94 bits per heavy atom. The van der Waals surface area contributed by atoms with Crippen LogP contribution in [0, 0.1) is 0 Å². The highest BCUT2D eigenvalue weighted by Crippen LogP contribution is 2.32. The van der Waals surface area contributed by atoms with Crippen molar-refractivity contribution in [3.8, 4) is 11.1 Å². The number of aromatic amines is 2. The molecule has 1 aliphatic heterocycles. The van der Waals surface area contributed by atoms with Gasteiger partial charge in [-0.3, -0.25) is 5.10 Å². The molecule has 3 aromatic heterocycles. The summed E-state index contributed by atoms with van der Waals surface area (Å²) in [6, 6.07) is 16.0. The molecule has 2 aromatic carbocycles. The van der Waals surface area contributed by atoms with Gasteiger partial charge in [0.05, 0.1) is 18.3 Å². The zero-order chi connectivity index (χ0) is 22.4. The summed E-state index contributed by atoms with van der Waals surface area (Å²) in [4.78, 5) is 5.04. The van der Waals surface area contributed by atoms with Gasteiger partial charge < -0.3 is 10.2 Å². The van der Waals surface area contributed by atoms with E-state index < -0.39 is 5.92 Å². The van der Waals surface area contributed by atoms with Gasteiger partial charge in [0.25, 0.3) is 5.92 Å². The maximum absolute atomic E-state index is 13.8. The lowest BCUT2D eigenvalue weighted by Crippen LogP contribution is -2.42. The van der Waals surface area contributed by atoms with Crippen LogP contribution in [0.4, 0.5) is 25.8 Å². The van der Waals surface area contributed by atoms with Crippen LogP contribution in [-0.2, 0) is 0 Å². The standard InChI is InChI=1S/C25H22F2N6/c26-25(27)8-1-10-33(16-25)21-6-4-20(5-7-21)30-23-13-19(15-32-11-9-28-24(23)32)17-2-3-18-14-29-31-22(18)12-17/h2-7,9,11-15,30H,1,8,10,16H2,(H,29,31)/p+1. The van der Waals surface area contributed by atoms with Crippen molar-refractivity contribution >= 4 is 33.6 Å². The number of hydrogen-bond acceptors (Lipinski definition) is 3. The lowest BCUT2D eigenvalue weighted by Gasteiger charge is -2.34. The van der Waals surface area contributed by atoms with E-state index in [0.717, 1.165) is 44.7 Å². The Morgan fingerprint density at radius 1 is 1.06 bits per heavy atom. The molecule has 0 bridgehead atoms. The molecule has 0 amide bonds. The molecule has 0 radical (unpaired) electrons. The van der Waals surface area contributed by atoms with E-state index in [0.29, 0.717) is 13.0 Å². The minimum Gasteiger partial charge on any atom is -0.365 e. The summed E-state index contributed by atoms with van der Waals surface area (Å²) in [7, 11) is 0. The van der Waals surface area contributed by atoms with Gasteiger partial charge in [0.2, 0.25) is 0 Å². The monoisotopic (exact) mass is 445 g/mol. The third kappa shape index (κ3) is 3.77. The molecule has 4 heterocycles. The first-order chi connectivity index (χ1) is 16.0. The van der Waals surface area contributed by atoms with Gasteiger partial charge >= 0.3 is 5.65 Å². The van der Waals surface area contributed by atoms with E-state index in [2.05, 4.69) is 51.0 Å². The predicted octanol–water partition coefficient (Wildman–Crippen LogP) is 5.28. The molecule has 1 fully saturated rings. The van der Waals surface area contributed by atoms with Gasteiger partial charge in [-0.2, -0.15) is 5.10 Å². The number of aromatic nitrogens is 4. The number of rotatable bonds is 4. The third-order valence-electron chi connectivity index (χ3n) is 6.23. The molecule has 166 valence electrons. The van der Waals surface area contributed by atoms with Gasteiger partial charge in [0, 0.05) is 35.3 Å². The first kappa shape index (κ1) is 19.7. The summed E-state index contributed by atoms with van der Waals surface area (Å²) in [5, 5.41) is 11.7. The Bertz CT molecular complexity index is 1440. The zero-order valence-corrected chi connectivity index (χ0v) is 17.9. The summed E-state index contributed by atoms with van der Waals surface area (Å²) < 4.78 is 29.7. The van der Waals surface area contributed by atoms with E-state index >= 15 is 0 Å². The van der Waals surface area contributed by atoms with Crippen molar-refractivity contribution in [1.29, 1.82) is 0 Å². The second-order valence-electron chi connectivity index (χ2n) is 8.58. The molecule has 1 aliphatic rings. The molecule has 0 spiro atoms. The molecular weight excluding hydrogens is 422 g/mol. The fourth-order valence-corrected chi connectivity index (χ4v) is 4.55. The fourth-order valence-electron chi connectivity index (χ4n) is 4.55. The zero-order valence-electron chi connectivity index (χ0n) is 17.9. The van der Waals surface area contributed by atoms with E-state index in [4.69, 9.17) is 0 Å². The fraction of sp³-hybridized carbons (Fsp3) is 0.200. The smallest absolute Gasteiger partial charge is 0.308 e. The Balaban J connectivity index is 1.31. The quantitative estimate of drug-likeness (QED) is 0.330. The number of anilines is 3. The molecule has 1 saturated heterocycles. The Morgan fingerprint density at radius 3 is 2.79 bits per heavy atom. The van der Waals surface area contributed by atoms with Crippen molar-refractivity contribution in [3.05, 3.63) is 73.3 Å². The number of nitrogens with zero attached hydrogens (tertiary/aromatic N) is 3. The third-order valence-corrected chi connectivity index (χ3v) is 6.23. The first-order valence-electron chi connectivity index (χ1n) is 11.0. The first-order valence-corrected chi connectivity index (χ1v) is 11.0. The molecule has 0 saturated carbocycles. The SMILES string of the molecule is FC1(F)CCCN(c2ccc(Nc3cc(-c4ccc5cn[nH]c5c4)c[n+]4cc[nH]c34)cc2)C1. The largest absolute Gasteiger partial charge is 0.365 e. The second kappa shape index (κ2) is 7.58. The van der Waals surface area contributed by atoms with Gasteiger partial charge in [0.1, 0.15) is 24.3 Å². The second-order valence-corrected chi connectivity index (χ2v) is 8.58. The summed E-state index contributed by atoms with van der Waals surface area (Å²) in [6.07, 6.45) is 8.22. The van der Waals surface area contributed by atoms with E-state index in [-0.39, 0.29) is 13.0 Å². The molecule has 5 aromatic rings. The van der Waals surface area contributed by atoms with Crippen LogP contribution in [0.1, 0.15) is 12.8 Å². The molecular formula is C25H23F2N6+. The van der Waals surface area contributed by atoms with E-state index in [1.54, 1.807) is 4.90 Å². The highest BCUT2D eigenvalue weighted by molar-refractivity contribution is 5.85. The average molecular weight is 445 g/mol. The summed E-state index contributed by atoms with van der Waals surface area (Å²) >= 11 is 0. The number of imidazole rings is 1. The van der Waals surface area contributed by atoms with E-state index in [9.17, 15) is 8.78 Å². The molecule has 3 N–H and O–H groups in total. The molecule has 33 heavy (non-hydrogen) atoms. The van der Waals surface area contributed by atoms with Gasteiger partial charge in [-0.1, -0.05) is 12.1 Å². The van der Waals surface area contributed by atoms with Crippen molar-refractivity contribution < 1.29 is 13.2 Å². The summed E-state index contributed by atoms with van der Waals surface area (Å²) in [5.74, 6) is -2.62. The van der Waals surface area contributed by atoms with Crippen LogP contribution in [0.2, 0.25) is 0 Å². The molecule has 0 unspecified atom stereocenters. The Hall–Kier alpha value is -3.94. The number of H-pyrrole nitrogens is 2. The van der Waals surface area contributed by atoms with Crippen molar-refractivity contribution in [2.45, 2.75) is 18.8 Å². The topological polar surface area (TPSA) is 63.8 Å². The van der Waals surface area contributed by atoms with E-state index in [1.165, 1.54) is 0 Å². The molecule has 8 heteroatoms. The summed E-state index contributed by atoms with van der Waals surface area (Å²) in [5.41, 5.74) is 6.67. The van der Waals surface area contributed by atoms with Crippen LogP contribution in [0.25, 0.3) is 27.7 Å². The van der Waals surface area contributed by atoms with Gasteiger partial charge in [0.15, 0.2) is 0 Å². The van der Waals surface area contributed by atoms with Crippen LogP contribution >= 0.6 is 0 Å². The Kier molecular flexibility index (Phi) is 4.53. The molecule has 0 aliphatic carbocycles. The molecule has 0 atom stereocenters. The number of benzene rings is 2. The minimum atomic E-state index is -2.62. The van der Waals surface area contributed by atoms with Gasteiger partial charge in [-0.25, -0.2) is 18.2 Å². The van der Waals surface area contributed by atoms with Gasteiger partial charge in [-0.15, -0.1) is 0 Å². The van der Waals surface area contributed by atoms with Crippen molar-refractivity contribution in [2.24, 2.45) is 0 Å². The normalized spacial score (nSPS) is 15.9. The number of alkyl halides is 2. The number of pyridine rings is 1. The number of hydrogen-bond donors (Lipinski definition) is 3. The van der Waals surface area contributed by atoms with Crippen molar-refractivity contribution in [1.82, 2.24) is 15.2 Å². The number of piperidine rings is 1. The highest BCUT2D eigenvalue weighted by atomic mass is 19.3. The van der Waals surface area contributed by atoms with Crippen LogP contribution in [0.15, 0.2) is 73.3 Å². The predicted molar refractivity (Wildman–Crippen MR) is 125 cm³/mol. The average Bonchev–Trinajstić information content (AvgIpc) is 3.48. The van der Waals surface area contributed by atoms with E-state index in [1.807, 2.05) is 47.3 Å². The number of halogens is 2. The Labute approximate surface area is 188 Å². The maximum Gasteiger partial charge on any atom is 0.308 e. The van der Waals surface area contributed by atoms with Crippen LogP contribution in [-0.4, -0.2) is 34.2 Å². The van der Waals surface area contributed by atoms with Crippen molar-refractivity contribution in [3.63, 3.8) is 0 Å². The van der Waals surface area contributed by atoms with Crippen LogP contribution in [0.3, 0.4) is 0 Å². The van der Waals surface area contributed by atoms with Crippen LogP contribution < -0.4 is 14.6 Å². The maximum atomic E-state index is 13.8. The number of fused-ring (bicyclic) bond motifs is 2. The minimum absolute atomic E-state index is 0.0312. The number of nitrogens with one attached hydrogen (secondary N) is 3. The van der Waals surface area contributed by atoms with Crippen LogP contribution in [0.5, 0.6) is 0 Å². The highest BCUT2D eigenvalue weighted by Gasteiger charge is 2.35. The molecule has 6 nitrogen and oxygen atoms in total. The van der Waals surface area contributed by atoms with Gasteiger partial charge in [-0.05, 0) is 48.4 Å². The molecule has 6 rings (SSSR count).